The van der Waals surface area contributed by atoms with Crippen molar-refractivity contribution in [3.05, 3.63) is 55.3 Å². The predicted molar refractivity (Wildman–Crippen MR) is 83.7 cm³/mol. The molecule has 0 amide bonds. The molecule has 1 nitrogen and oxygen atoms in total. The summed E-state index contributed by atoms with van der Waals surface area (Å²) in [6.07, 6.45) is 0. The molecule has 0 fully saturated rings. The Morgan fingerprint density at radius 2 is 1.94 bits per heavy atom. The highest BCUT2D eigenvalue weighted by Gasteiger charge is 2.13. The van der Waals surface area contributed by atoms with Gasteiger partial charge in [-0.3, -0.25) is 0 Å². The number of hydrogen-bond acceptors (Lipinski definition) is 2. The summed E-state index contributed by atoms with van der Waals surface area (Å²) in [4.78, 5) is 1.37. The van der Waals surface area contributed by atoms with Crippen LogP contribution in [-0.2, 0) is 0 Å². The third-order valence-electron chi connectivity index (χ3n) is 2.70. The second-order valence-corrected chi connectivity index (χ2v) is 6.39. The van der Waals surface area contributed by atoms with Crippen LogP contribution in [0.3, 0.4) is 0 Å². The molecule has 3 heteroatoms. The average molecular weight is 357 g/mol. The van der Waals surface area contributed by atoms with Gasteiger partial charge in [0.1, 0.15) is 0 Å². The minimum Gasteiger partial charge on any atom is -0.307 e. The highest BCUT2D eigenvalue weighted by molar-refractivity contribution is 14.1. The summed E-state index contributed by atoms with van der Waals surface area (Å²) in [6, 6.07) is 11.3. The fraction of sp³-hybridized carbons (Fsp3) is 0.286. The van der Waals surface area contributed by atoms with Gasteiger partial charge in [0.25, 0.3) is 0 Å². The Kier molecular flexibility index (Phi) is 4.59. The highest BCUT2D eigenvalue weighted by atomic mass is 127. The quantitative estimate of drug-likeness (QED) is 0.802. The minimum absolute atomic E-state index is 0.321. The van der Waals surface area contributed by atoms with Gasteiger partial charge in [0, 0.05) is 8.45 Å². The number of nitrogens with one attached hydrogen (secondary N) is 1. The Labute approximate surface area is 120 Å². The number of benzene rings is 1. The van der Waals surface area contributed by atoms with Crippen LogP contribution in [0.5, 0.6) is 0 Å². The third-order valence-corrected chi connectivity index (χ3v) is 4.29. The van der Waals surface area contributed by atoms with Crippen molar-refractivity contribution < 1.29 is 0 Å². The van der Waals surface area contributed by atoms with E-state index in [4.69, 9.17) is 0 Å². The van der Waals surface area contributed by atoms with Gasteiger partial charge in [-0.15, -0.1) is 11.3 Å². The first-order valence-electron chi connectivity index (χ1n) is 5.74. The topological polar surface area (TPSA) is 12.0 Å². The van der Waals surface area contributed by atoms with Gasteiger partial charge in [-0.25, -0.2) is 0 Å². The van der Waals surface area contributed by atoms with E-state index in [0.717, 1.165) is 6.54 Å². The molecule has 1 unspecified atom stereocenters. The lowest BCUT2D eigenvalue weighted by molar-refractivity contribution is 0.632. The Bertz CT molecular complexity index is 475. The first-order valence-corrected chi connectivity index (χ1v) is 7.70. The highest BCUT2D eigenvalue weighted by Crippen LogP contribution is 2.26. The maximum absolute atomic E-state index is 3.55. The number of rotatable bonds is 4. The summed E-state index contributed by atoms with van der Waals surface area (Å²) >= 11 is 4.16. The summed E-state index contributed by atoms with van der Waals surface area (Å²) in [5, 5.41) is 5.80. The van der Waals surface area contributed by atoms with Crippen molar-refractivity contribution in [2.24, 2.45) is 0 Å². The van der Waals surface area contributed by atoms with Crippen LogP contribution in [0.2, 0.25) is 0 Å². The standard InChI is InChI=1S/C14H16INS/c1-3-16-14(12-8-10(2)17-9-12)11-4-6-13(15)7-5-11/h4-9,14,16H,3H2,1-2H3. The number of thiophene rings is 1. The van der Waals surface area contributed by atoms with Crippen molar-refractivity contribution in [1.29, 1.82) is 0 Å². The Morgan fingerprint density at radius 1 is 1.24 bits per heavy atom. The molecule has 0 bridgehead atoms. The van der Waals surface area contributed by atoms with Gasteiger partial charge in [0.15, 0.2) is 0 Å². The van der Waals surface area contributed by atoms with Crippen LogP contribution in [0.15, 0.2) is 35.7 Å². The fourth-order valence-corrected chi connectivity index (χ4v) is 2.99. The molecule has 17 heavy (non-hydrogen) atoms. The van der Waals surface area contributed by atoms with Crippen molar-refractivity contribution in [1.82, 2.24) is 5.32 Å². The van der Waals surface area contributed by atoms with E-state index < -0.39 is 0 Å². The number of halogens is 1. The van der Waals surface area contributed by atoms with E-state index in [1.807, 2.05) is 11.3 Å². The minimum atomic E-state index is 0.321. The second-order valence-electron chi connectivity index (χ2n) is 4.03. The first kappa shape index (κ1) is 13.1. The van der Waals surface area contributed by atoms with Crippen LogP contribution in [0, 0.1) is 10.5 Å². The molecular formula is C14H16INS. The van der Waals surface area contributed by atoms with Gasteiger partial charge in [0.2, 0.25) is 0 Å². The lowest BCUT2D eigenvalue weighted by Crippen LogP contribution is -2.21. The molecule has 0 aliphatic heterocycles. The van der Waals surface area contributed by atoms with Gasteiger partial charge >= 0.3 is 0 Å². The maximum atomic E-state index is 3.55. The van der Waals surface area contributed by atoms with Crippen molar-refractivity contribution in [3.8, 4) is 0 Å². The van der Waals surface area contributed by atoms with Crippen LogP contribution in [0.25, 0.3) is 0 Å². The molecule has 2 rings (SSSR count). The van der Waals surface area contributed by atoms with Gasteiger partial charge < -0.3 is 5.32 Å². The average Bonchev–Trinajstić information content (AvgIpc) is 2.74. The zero-order chi connectivity index (χ0) is 12.3. The van der Waals surface area contributed by atoms with E-state index in [-0.39, 0.29) is 0 Å². The van der Waals surface area contributed by atoms with Gasteiger partial charge in [-0.05, 0) is 70.8 Å². The molecule has 1 atom stereocenters. The summed E-state index contributed by atoms with van der Waals surface area (Å²) in [5.41, 5.74) is 2.71. The van der Waals surface area contributed by atoms with Gasteiger partial charge in [-0.2, -0.15) is 0 Å². The monoisotopic (exact) mass is 357 g/mol. The van der Waals surface area contributed by atoms with E-state index in [1.165, 1.54) is 19.6 Å². The lowest BCUT2D eigenvalue weighted by Gasteiger charge is -2.17. The molecule has 1 heterocycles. The van der Waals surface area contributed by atoms with Crippen LogP contribution < -0.4 is 5.32 Å². The van der Waals surface area contributed by atoms with Crippen LogP contribution in [0.1, 0.15) is 29.0 Å². The maximum Gasteiger partial charge on any atom is 0.0584 e. The molecule has 1 aromatic carbocycles. The lowest BCUT2D eigenvalue weighted by atomic mass is 10.0. The Morgan fingerprint density at radius 3 is 2.47 bits per heavy atom. The van der Waals surface area contributed by atoms with Crippen LogP contribution in [0.4, 0.5) is 0 Å². The smallest absolute Gasteiger partial charge is 0.0584 e. The van der Waals surface area contributed by atoms with Crippen molar-refractivity contribution in [2.45, 2.75) is 19.9 Å². The summed E-state index contributed by atoms with van der Waals surface area (Å²) in [5.74, 6) is 0. The zero-order valence-corrected chi connectivity index (χ0v) is 13.0. The molecule has 0 aliphatic carbocycles. The molecule has 0 radical (unpaired) electrons. The molecule has 1 aromatic heterocycles. The van der Waals surface area contributed by atoms with Gasteiger partial charge in [-0.1, -0.05) is 19.1 Å². The second kappa shape index (κ2) is 5.98. The van der Waals surface area contributed by atoms with E-state index in [0.29, 0.717) is 6.04 Å². The summed E-state index contributed by atoms with van der Waals surface area (Å²) in [6.45, 7) is 5.29. The van der Waals surface area contributed by atoms with Crippen LogP contribution in [-0.4, -0.2) is 6.54 Å². The van der Waals surface area contributed by atoms with Crippen molar-refractivity contribution in [3.63, 3.8) is 0 Å². The fourth-order valence-electron chi connectivity index (χ4n) is 1.90. The normalized spacial score (nSPS) is 12.6. The molecular weight excluding hydrogens is 341 g/mol. The van der Waals surface area contributed by atoms with E-state index in [1.54, 1.807) is 0 Å². The zero-order valence-electron chi connectivity index (χ0n) is 10.0. The molecule has 0 spiro atoms. The van der Waals surface area contributed by atoms with E-state index in [2.05, 4.69) is 77.5 Å². The van der Waals surface area contributed by atoms with Crippen molar-refractivity contribution in [2.75, 3.05) is 6.54 Å². The molecule has 0 aliphatic rings. The van der Waals surface area contributed by atoms with Gasteiger partial charge in [0.05, 0.1) is 6.04 Å². The predicted octanol–water partition coefficient (Wildman–Crippen LogP) is 4.36. The Hall–Kier alpha value is -0.390. The SMILES string of the molecule is CCNC(c1ccc(I)cc1)c1csc(C)c1. The molecule has 1 N–H and O–H groups in total. The molecule has 2 aromatic rings. The summed E-state index contributed by atoms with van der Waals surface area (Å²) < 4.78 is 1.28. The van der Waals surface area contributed by atoms with E-state index >= 15 is 0 Å². The first-order chi connectivity index (χ1) is 8.20. The molecule has 0 saturated carbocycles. The number of aryl methyl sites for hydroxylation is 1. The molecule has 90 valence electrons. The largest absolute Gasteiger partial charge is 0.307 e. The Balaban J connectivity index is 2.31. The van der Waals surface area contributed by atoms with Crippen LogP contribution >= 0.6 is 33.9 Å². The van der Waals surface area contributed by atoms with Crippen molar-refractivity contribution >= 4 is 33.9 Å². The molecule has 0 saturated heterocycles. The van der Waals surface area contributed by atoms with E-state index in [9.17, 15) is 0 Å². The summed E-state index contributed by atoms with van der Waals surface area (Å²) in [7, 11) is 0. The number of hydrogen-bond donors (Lipinski definition) is 1. The third kappa shape index (κ3) is 3.30.